The third-order valence-electron chi connectivity index (χ3n) is 3.16. The van der Waals surface area contributed by atoms with Gasteiger partial charge in [0, 0.05) is 6.07 Å². The summed E-state index contributed by atoms with van der Waals surface area (Å²) in [4.78, 5) is 12.1. The second-order valence-electron chi connectivity index (χ2n) is 4.59. The third kappa shape index (κ3) is 3.51. The minimum Gasteiger partial charge on any atom is -0.495 e. The van der Waals surface area contributed by atoms with E-state index in [1.54, 1.807) is 26.0 Å². The van der Waals surface area contributed by atoms with E-state index in [1.165, 1.54) is 6.07 Å². The third-order valence-corrected chi connectivity index (χ3v) is 3.97. The second kappa shape index (κ2) is 7.17. The molecule has 2 rings (SSSR count). The average molecular weight is 318 g/mol. The Balaban J connectivity index is 2.40. The lowest BCUT2D eigenvalue weighted by molar-refractivity contribution is 0.376. The van der Waals surface area contributed by atoms with Gasteiger partial charge in [-0.2, -0.15) is 5.10 Å². The minimum absolute atomic E-state index is 0.206. The van der Waals surface area contributed by atoms with Crippen molar-refractivity contribution >= 4 is 23.9 Å². The van der Waals surface area contributed by atoms with Gasteiger partial charge in [0.05, 0.1) is 24.8 Å². The van der Waals surface area contributed by atoms with E-state index in [9.17, 15) is 4.79 Å². The molecule has 116 valence electrons. The van der Waals surface area contributed by atoms with Gasteiger partial charge in [-0.25, -0.2) is 5.10 Å². The molecule has 1 N–H and O–H groups in total. The van der Waals surface area contributed by atoms with Gasteiger partial charge < -0.3 is 9.47 Å². The summed E-state index contributed by atoms with van der Waals surface area (Å²) in [7, 11) is 3.27. The molecule has 22 heavy (non-hydrogen) atoms. The van der Waals surface area contributed by atoms with E-state index in [2.05, 4.69) is 10.2 Å². The highest BCUT2D eigenvalue weighted by Crippen LogP contribution is 2.38. The molecule has 0 atom stereocenters. The Labute approximate surface area is 133 Å². The molecule has 1 aromatic carbocycles. The summed E-state index contributed by atoms with van der Waals surface area (Å²) in [5.74, 6) is 1.52. The van der Waals surface area contributed by atoms with Gasteiger partial charge in [-0.1, -0.05) is 6.08 Å². The van der Waals surface area contributed by atoms with Crippen LogP contribution < -0.4 is 15.0 Å². The molecule has 0 saturated heterocycles. The highest BCUT2D eigenvalue weighted by molar-refractivity contribution is 7.98. The summed E-state index contributed by atoms with van der Waals surface area (Å²) in [6, 6.07) is 5.39. The van der Waals surface area contributed by atoms with Crippen LogP contribution in [-0.2, 0) is 0 Å². The maximum Gasteiger partial charge on any atom is 0.264 e. The van der Waals surface area contributed by atoms with Crippen LogP contribution in [-0.4, -0.2) is 30.7 Å². The number of nitrogens with zero attached hydrogens (tertiary/aromatic N) is 1. The van der Waals surface area contributed by atoms with E-state index in [4.69, 9.17) is 9.47 Å². The number of ether oxygens (including phenoxy) is 2. The van der Waals surface area contributed by atoms with E-state index < -0.39 is 0 Å². The first-order valence-electron chi connectivity index (χ1n) is 6.63. The molecule has 5 nitrogen and oxygen atoms in total. The fourth-order valence-electron chi connectivity index (χ4n) is 2.05. The first kappa shape index (κ1) is 16.2. The first-order chi connectivity index (χ1) is 10.6. The number of aryl methyl sites for hydroxylation is 1. The standard InChI is InChI=1S/C16H18N2O3S/c1-10-7-15(19)18-17-12(10)6-5-11-8-13(20-2)16(22-4)14(9-11)21-3/h5-9H,1-4H3,(H,18,19)/b6-5+. The molecule has 1 aromatic heterocycles. The van der Waals surface area contributed by atoms with Crippen molar-refractivity contribution in [1.82, 2.24) is 10.2 Å². The molecule has 0 fully saturated rings. The lowest BCUT2D eigenvalue weighted by Gasteiger charge is -2.12. The topological polar surface area (TPSA) is 64.2 Å². The van der Waals surface area contributed by atoms with Crippen molar-refractivity contribution in [3.05, 3.63) is 45.4 Å². The fourth-order valence-corrected chi connectivity index (χ4v) is 2.73. The Morgan fingerprint density at radius 3 is 2.27 bits per heavy atom. The van der Waals surface area contributed by atoms with Crippen LogP contribution in [0.3, 0.4) is 0 Å². The molecular weight excluding hydrogens is 300 g/mol. The van der Waals surface area contributed by atoms with Crippen LogP contribution in [0.5, 0.6) is 11.5 Å². The number of aromatic amines is 1. The maximum absolute atomic E-state index is 11.2. The zero-order chi connectivity index (χ0) is 16.1. The number of benzene rings is 1. The molecular formula is C16H18N2O3S. The molecule has 0 spiro atoms. The van der Waals surface area contributed by atoms with Crippen molar-refractivity contribution in [1.29, 1.82) is 0 Å². The number of hydrogen-bond donors (Lipinski definition) is 1. The van der Waals surface area contributed by atoms with Crippen LogP contribution in [0.15, 0.2) is 27.9 Å². The molecule has 0 radical (unpaired) electrons. The zero-order valence-electron chi connectivity index (χ0n) is 13.0. The Morgan fingerprint density at radius 2 is 1.77 bits per heavy atom. The van der Waals surface area contributed by atoms with Crippen LogP contribution in [0.4, 0.5) is 0 Å². The molecule has 0 aliphatic carbocycles. The van der Waals surface area contributed by atoms with Gasteiger partial charge in [-0.15, -0.1) is 11.8 Å². The first-order valence-corrected chi connectivity index (χ1v) is 7.86. The summed E-state index contributed by atoms with van der Waals surface area (Å²) in [5.41, 5.74) is 2.26. The normalized spacial score (nSPS) is 10.9. The molecule has 0 saturated carbocycles. The number of thioether (sulfide) groups is 1. The van der Waals surface area contributed by atoms with Crippen molar-refractivity contribution in [2.45, 2.75) is 11.8 Å². The Bertz CT molecular complexity index is 728. The van der Waals surface area contributed by atoms with E-state index in [-0.39, 0.29) is 5.56 Å². The average Bonchev–Trinajstić information content (AvgIpc) is 2.52. The highest BCUT2D eigenvalue weighted by Gasteiger charge is 2.10. The van der Waals surface area contributed by atoms with E-state index in [1.807, 2.05) is 37.5 Å². The van der Waals surface area contributed by atoms with Gasteiger partial charge in [-0.3, -0.25) is 4.79 Å². The van der Waals surface area contributed by atoms with Crippen LogP contribution in [0.2, 0.25) is 0 Å². The van der Waals surface area contributed by atoms with Crippen LogP contribution >= 0.6 is 11.8 Å². The Kier molecular flexibility index (Phi) is 5.27. The Morgan fingerprint density at radius 1 is 1.14 bits per heavy atom. The summed E-state index contributed by atoms with van der Waals surface area (Å²) in [6.07, 6.45) is 5.73. The molecule has 0 unspecified atom stereocenters. The molecule has 0 bridgehead atoms. The zero-order valence-corrected chi connectivity index (χ0v) is 13.8. The van der Waals surface area contributed by atoms with Crippen molar-refractivity contribution in [3.8, 4) is 11.5 Å². The van der Waals surface area contributed by atoms with Crippen molar-refractivity contribution in [2.24, 2.45) is 0 Å². The van der Waals surface area contributed by atoms with Gasteiger partial charge in [0.1, 0.15) is 11.5 Å². The number of aromatic nitrogens is 2. The summed E-state index contributed by atoms with van der Waals surface area (Å²) in [6.45, 7) is 1.85. The van der Waals surface area contributed by atoms with Gasteiger partial charge >= 0.3 is 0 Å². The summed E-state index contributed by atoms with van der Waals surface area (Å²) < 4.78 is 10.8. The molecule has 0 aliphatic heterocycles. The van der Waals surface area contributed by atoms with Crippen LogP contribution in [0.1, 0.15) is 16.8 Å². The SMILES string of the molecule is COc1cc(/C=C/c2n[nH]c(=O)cc2C)cc(OC)c1SC. The van der Waals surface area contributed by atoms with Crippen molar-refractivity contribution in [3.63, 3.8) is 0 Å². The molecule has 1 heterocycles. The molecule has 0 aliphatic rings. The number of H-pyrrole nitrogens is 1. The second-order valence-corrected chi connectivity index (χ2v) is 5.41. The van der Waals surface area contributed by atoms with Gasteiger partial charge in [0.2, 0.25) is 0 Å². The lowest BCUT2D eigenvalue weighted by Crippen LogP contribution is -2.08. The van der Waals surface area contributed by atoms with Crippen molar-refractivity contribution in [2.75, 3.05) is 20.5 Å². The van der Waals surface area contributed by atoms with E-state index in [0.29, 0.717) is 5.69 Å². The van der Waals surface area contributed by atoms with E-state index in [0.717, 1.165) is 27.5 Å². The van der Waals surface area contributed by atoms with Crippen LogP contribution in [0, 0.1) is 6.92 Å². The fraction of sp³-hybridized carbons (Fsp3) is 0.250. The van der Waals surface area contributed by atoms with Gasteiger partial charge in [0.15, 0.2) is 0 Å². The summed E-state index contributed by atoms with van der Waals surface area (Å²) >= 11 is 1.57. The lowest BCUT2D eigenvalue weighted by atomic mass is 10.1. The monoisotopic (exact) mass is 318 g/mol. The molecule has 6 heteroatoms. The van der Waals surface area contributed by atoms with Gasteiger partial charge in [-0.05, 0) is 42.5 Å². The number of methoxy groups -OCH3 is 2. The largest absolute Gasteiger partial charge is 0.495 e. The van der Waals surface area contributed by atoms with Gasteiger partial charge in [0.25, 0.3) is 5.56 Å². The highest BCUT2D eigenvalue weighted by atomic mass is 32.2. The minimum atomic E-state index is -0.206. The molecule has 0 amide bonds. The van der Waals surface area contributed by atoms with Crippen LogP contribution in [0.25, 0.3) is 12.2 Å². The Hall–Kier alpha value is -2.21. The maximum atomic E-state index is 11.2. The van der Waals surface area contributed by atoms with E-state index >= 15 is 0 Å². The summed E-state index contributed by atoms with van der Waals surface area (Å²) in [5, 5.41) is 6.45. The number of rotatable bonds is 5. The number of nitrogens with one attached hydrogen (secondary N) is 1. The quantitative estimate of drug-likeness (QED) is 0.859. The number of hydrogen-bond acceptors (Lipinski definition) is 5. The predicted octanol–water partition coefficient (Wildman–Crippen LogP) is 2.99. The molecule has 2 aromatic rings. The van der Waals surface area contributed by atoms with Crippen molar-refractivity contribution < 1.29 is 9.47 Å². The smallest absolute Gasteiger partial charge is 0.264 e. The predicted molar refractivity (Wildman–Crippen MR) is 89.8 cm³/mol.